The molecule has 0 aromatic heterocycles. The quantitative estimate of drug-likeness (QED) is 0.422. The zero-order valence-corrected chi connectivity index (χ0v) is 9.92. The molecule has 17 heavy (non-hydrogen) atoms. The van der Waals surface area contributed by atoms with Crippen molar-refractivity contribution in [1.29, 1.82) is 5.41 Å². The monoisotopic (exact) mass is 240 g/mol. The maximum absolute atomic E-state index is 11.8. The number of hydrogen-bond acceptors (Lipinski definition) is 3. The minimum Gasteiger partial charge on any atom is -0.386 e. The fraction of sp³-hybridized carbons (Fsp3) is 0.818. The third-order valence-electron chi connectivity index (χ3n) is 3.59. The molecule has 0 spiro atoms. The van der Waals surface area contributed by atoms with Gasteiger partial charge < -0.3 is 21.1 Å². The van der Waals surface area contributed by atoms with E-state index < -0.39 is 5.54 Å². The number of amidine groups is 1. The van der Waals surface area contributed by atoms with Crippen molar-refractivity contribution in [3.63, 3.8) is 0 Å². The van der Waals surface area contributed by atoms with Crippen LogP contribution in [0.1, 0.15) is 32.1 Å². The van der Waals surface area contributed by atoms with Gasteiger partial charge in [-0.05, 0) is 19.3 Å². The number of hydrogen-bond donors (Lipinski definition) is 4. The van der Waals surface area contributed by atoms with Gasteiger partial charge in [-0.2, -0.15) is 0 Å². The lowest BCUT2D eigenvalue weighted by atomic mass is 9.96. The Labute approximate surface area is 101 Å². The molecule has 0 radical (unpaired) electrons. The van der Waals surface area contributed by atoms with E-state index in [0.717, 1.165) is 32.1 Å². The summed E-state index contributed by atoms with van der Waals surface area (Å²) < 4.78 is 5.19. The largest absolute Gasteiger partial charge is 0.386 e. The highest BCUT2D eigenvalue weighted by Gasteiger charge is 2.38. The predicted molar refractivity (Wildman–Crippen MR) is 64.0 cm³/mol. The SMILES string of the molecule is N=C(N)C1(NC(=O)NC2CCOC2)CCCC1. The second kappa shape index (κ2) is 4.91. The number of urea groups is 1. The lowest BCUT2D eigenvalue weighted by Gasteiger charge is -2.29. The summed E-state index contributed by atoms with van der Waals surface area (Å²) in [6, 6.07) is -0.155. The Kier molecular flexibility index (Phi) is 3.51. The molecular weight excluding hydrogens is 220 g/mol. The van der Waals surface area contributed by atoms with E-state index in [2.05, 4.69) is 10.6 Å². The van der Waals surface area contributed by atoms with Crippen molar-refractivity contribution in [3.05, 3.63) is 0 Å². The normalized spacial score (nSPS) is 26.7. The minimum atomic E-state index is -0.621. The van der Waals surface area contributed by atoms with Crippen molar-refractivity contribution in [3.8, 4) is 0 Å². The zero-order valence-electron chi connectivity index (χ0n) is 9.92. The molecule has 1 saturated heterocycles. The summed E-state index contributed by atoms with van der Waals surface area (Å²) >= 11 is 0. The molecule has 2 rings (SSSR count). The van der Waals surface area contributed by atoms with Crippen LogP contribution in [-0.2, 0) is 4.74 Å². The number of nitrogens with two attached hydrogens (primary N) is 1. The summed E-state index contributed by atoms with van der Waals surface area (Å²) in [5, 5.41) is 13.3. The van der Waals surface area contributed by atoms with Crippen LogP contribution in [0.5, 0.6) is 0 Å². The number of carbonyl (C=O) groups is 1. The molecule has 0 aromatic rings. The number of nitrogens with one attached hydrogen (secondary N) is 3. The molecule has 1 unspecified atom stereocenters. The first kappa shape index (κ1) is 12.2. The van der Waals surface area contributed by atoms with Crippen molar-refractivity contribution in [2.45, 2.75) is 43.7 Å². The Morgan fingerprint density at radius 2 is 2.12 bits per heavy atom. The number of carbonyl (C=O) groups excluding carboxylic acids is 1. The smallest absolute Gasteiger partial charge is 0.315 e. The second-order valence-electron chi connectivity index (χ2n) is 4.86. The van der Waals surface area contributed by atoms with Gasteiger partial charge in [-0.3, -0.25) is 5.41 Å². The first-order valence-corrected chi connectivity index (χ1v) is 6.13. The van der Waals surface area contributed by atoms with E-state index in [0.29, 0.717) is 13.2 Å². The third kappa shape index (κ3) is 2.69. The molecule has 0 aromatic carbocycles. The fourth-order valence-electron chi connectivity index (χ4n) is 2.53. The Bertz CT molecular complexity index is 307. The van der Waals surface area contributed by atoms with E-state index in [4.69, 9.17) is 15.9 Å². The summed E-state index contributed by atoms with van der Waals surface area (Å²) in [6.07, 6.45) is 4.38. The minimum absolute atomic E-state index is 0.0628. The van der Waals surface area contributed by atoms with Gasteiger partial charge in [0, 0.05) is 6.61 Å². The van der Waals surface area contributed by atoms with Gasteiger partial charge >= 0.3 is 6.03 Å². The molecule has 1 saturated carbocycles. The predicted octanol–water partition coefficient (Wildman–Crippen LogP) is 0.323. The fourth-order valence-corrected chi connectivity index (χ4v) is 2.53. The van der Waals surface area contributed by atoms with Crippen molar-refractivity contribution < 1.29 is 9.53 Å². The highest BCUT2D eigenvalue weighted by molar-refractivity contribution is 5.92. The molecule has 1 aliphatic carbocycles. The summed E-state index contributed by atoms with van der Waals surface area (Å²) in [5.74, 6) is 0.0628. The van der Waals surface area contributed by atoms with E-state index in [9.17, 15) is 4.79 Å². The lowest BCUT2D eigenvalue weighted by molar-refractivity contribution is 0.187. The average Bonchev–Trinajstić information content (AvgIpc) is 2.89. The molecule has 5 N–H and O–H groups in total. The van der Waals surface area contributed by atoms with Gasteiger partial charge in [0.05, 0.1) is 18.2 Å². The van der Waals surface area contributed by atoms with Crippen LogP contribution in [0.3, 0.4) is 0 Å². The molecule has 96 valence electrons. The Morgan fingerprint density at radius 1 is 1.41 bits per heavy atom. The number of ether oxygens (including phenoxy) is 1. The van der Waals surface area contributed by atoms with Crippen LogP contribution in [0.25, 0.3) is 0 Å². The first-order valence-electron chi connectivity index (χ1n) is 6.13. The van der Waals surface area contributed by atoms with Crippen LogP contribution >= 0.6 is 0 Å². The highest BCUT2D eigenvalue weighted by atomic mass is 16.5. The maximum atomic E-state index is 11.8. The van der Waals surface area contributed by atoms with Crippen molar-refractivity contribution >= 4 is 11.9 Å². The van der Waals surface area contributed by atoms with Crippen LogP contribution in [0.2, 0.25) is 0 Å². The Hall–Kier alpha value is -1.30. The summed E-state index contributed by atoms with van der Waals surface area (Å²) in [5.41, 5.74) is 4.98. The van der Waals surface area contributed by atoms with Crippen molar-refractivity contribution in [1.82, 2.24) is 10.6 Å². The molecule has 1 aliphatic heterocycles. The van der Waals surface area contributed by atoms with Gasteiger partial charge in [0.2, 0.25) is 0 Å². The summed E-state index contributed by atoms with van der Waals surface area (Å²) in [6.45, 7) is 1.27. The van der Waals surface area contributed by atoms with E-state index in [1.807, 2.05) is 0 Å². The van der Waals surface area contributed by atoms with Gasteiger partial charge in [0.15, 0.2) is 0 Å². The van der Waals surface area contributed by atoms with E-state index >= 15 is 0 Å². The highest BCUT2D eigenvalue weighted by Crippen LogP contribution is 2.29. The molecule has 1 atom stereocenters. The Balaban J connectivity index is 1.89. The standard InChI is InChI=1S/C11H20N4O2/c12-9(13)11(4-1-2-5-11)15-10(16)14-8-3-6-17-7-8/h8H,1-7H2,(H3,12,13)(H2,14,15,16). The van der Waals surface area contributed by atoms with Gasteiger partial charge in [-0.15, -0.1) is 0 Å². The molecular formula is C11H20N4O2. The molecule has 1 heterocycles. The van der Waals surface area contributed by atoms with Crippen molar-refractivity contribution in [2.24, 2.45) is 5.73 Å². The van der Waals surface area contributed by atoms with Crippen LogP contribution in [0.15, 0.2) is 0 Å². The van der Waals surface area contributed by atoms with Gasteiger partial charge in [-0.1, -0.05) is 12.8 Å². The zero-order chi connectivity index (χ0) is 12.3. The van der Waals surface area contributed by atoms with Gasteiger partial charge in [0.25, 0.3) is 0 Å². The van der Waals surface area contributed by atoms with Crippen molar-refractivity contribution in [2.75, 3.05) is 13.2 Å². The van der Waals surface area contributed by atoms with E-state index in [-0.39, 0.29) is 17.9 Å². The van der Waals surface area contributed by atoms with Gasteiger partial charge in [0.1, 0.15) is 5.84 Å². The number of rotatable bonds is 3. The average molecular weight is 240 g/mol. The second-order valence-corrected chi connectivity index (χ2v) is 4.86. The maximum Gasteiger partial charge on any atom is 0.315 e. The van der Waals surface area contributed by atoms with Crippen LogP contribution < -0.4 is 16.4 Å². The van der Waals surface area contributed by atoms with Gasteiger partial charge in [-0.25, -0.2) is 4.79 Å². The molecule has 2 fully saturated rings. The molecule has 2 amide bonds. The van der Waals surface area contributed by atoms with Crippen LogP contribution in [-0.4, -0.2) is 36.7 Å². The topological polar surface area (TPSA) is 100 Å². The number of amides is 2. The first-order chi connectivity index (χ1) is 8.12. The molecule has 2 aliphatic rings. The molecule has 6 heteroatoms. The molecule has 6 nitrogen and oxygen atoms in total. The lowest BCUT2D eigenvalue weighted by Crippen LogP contribution is -2.59. The van der Waals surface area contributed by atoms with Crippen LogP contribution in [0, 0.1) is 5.41 Å². The third-order valence-corrected chi connectivity index (χ3v) is 3.59. The summed E-state index contributed by atoms with van der Waals surface area (Å²) in [4.78, 5) is 11.8. The Morgan fingerprint density at radius 3 is 2.65 bits per heavy atom. The van der Waals surface area contributed by atoms with Crippen LogP contribution in [0.4, 0.5) is 4.79 Å². The molecule has 0 bridgehead atoms. The van der Waals surface area contributed by atoms with E-state index in [1.165, 1.54) is 0 Å². The van der Waals surface area contributed by atoms with E-state index in [1.54, 1.807) is 0 Å². The summed E-state index contributed by atoms with van der Waals surface area (Å²) in [7, 11) is 0.